The number of nitrogens with zero attached hydrogens (tertiary/aromatic N) is 2. The fourth-order valence-corrected chi connectivity index (χ4v) is 2.91. The number of rotatable bonds is 5. The van der Waals surface area contributed by atoms with Gasteiger partial charge in [-0.3, -0.25) is 9.48 Å². The van der Waals surface area contributed by atoms with Gasteiger partial charge in [-0.2, -0.15) is 5.10 Å². The molecule has 1 saturated heterocycles. The molecule has 0 radical (unpaired) electrons. The quantitative estimate of drug-likeness (QED) is 0.903. The third-order valence-electron chi connectivity index (χ3n) is 3.83. The molecule has 1 aromatic rings. The Balaban J connectivity index is 1.83. The lowest BCUT2D eigenvalue weighted by Crippen LogP contribution is -2.34. The van der Waals surface area contributed by atoms with E-state index in [9.17, 15) is 4.79 Å². The lowest BCUT2D eigenvalue weighted by molar-refractivity contribution is -0.118. The van der Waals surface area contributed by atoms with Crippen LogP contribution in [-0.4, -0.2) is 28.2 Å². The lowest BCUT2D eigenvalue weighted by atomic mass is 9.98. The summed E-state index contributed by atoms with van der Waals surface area (Å²) in [6.45, 7) is 2.99. The molecule has 0 aliphatic carbocycles. The molecule has 1 fully saturated rings. The van der Waals surface area contributed by atoms with E-state index in [-0.39, 0.29) is 5.78 Å². The van der Waals surface area contributed by atoms with Crippen LogP contribution in [0.15, 0.2) is 0 Å². The van der Waals surface area contributed by atoms with Crippen molar-refractivity contribution in [1.29, 1.82) is 0 Å². The van der Waals surface area contributed by atoms with E-state index in [2.05, 4.69) is 10.4 Å². The Bertz CT molecular complexity index is 450. The molecule has 2 heterocycles. The van der Waals surface area contributed by atoms with Crippen LogP contribution in [0.25, 0.3) is 0 Å². The smallest absolute Gasteiger partial charge is 0.137 e. The average Bonchev–Trinajstić information content (AvgIpc) is 2.64. The van der Waals surface area contributed by atoms with Gasteiger partial charge in [-0.05, 0) is 32.7 Å². The molecule has 4 nitrogen and oxygen atoms in total. The number of aromatic nitrogens is 2. The molecule has 19 heavy (non-hydrogen) atoms. The van der Waals surface area contributed by atoms with E-state index in [4.69, 9.17) is 11.6 Å². The molecule has 1 aromatic heterocycles. The van der Waals surface area contributed by atoms with Crippen molar-refractivity contribution in [2.45, 2.75) is 51.5 Å². The summed E-state index contributed by atoms with van der Waals surface area (Å²) >= 11 is 6.14. The minimum atomic E-state index is 0.255. The molecule has 1 unspecified atom stereocenters. The number of aryl methyl sites for hydroxylation is 2. The number of nitrogens with one attached hydrogen (secondary N) is 1. The summed E-state index contributed by atoms with van der Waals surface area (Å²) in [4.78, 5) is 12.0. The topological polar surface area (TPSA) is 46.9 Å². The molecule has 1 aliphatic rings. The van der Waals surface area contributed by atoms with Gasteiger partial charge >= 0.3 is 0 Å². The highest BCUT2D eigenvalue weighted by molar-refractivity contribution is 6.30. The zero-order valence-electron chi connectivity index (χ0n) is 11.7. The summed E-state index contributed by atoms with van der Waals surface area (Å²) in [5.41, 5.74) is 1.74. The van der Waals surface area contributed by atoms with E-state index >= 15 is 0 Å². The summed E-state index contributed by atoms with van der Waals surface area (Å²) in [6.07, 6.45) is 5.71. The van der Waals surface area contributed by atoms with E-state index in [0.29, 0.717) is 24.0 Å². The predicted octanol–water partition coefficient (Wildman–Crippen LogP) is 2.42. The van der Waals surface area contributed by atoms with Gasteiger partial charge in [0.15, 0.2) is 0 Å². The Morgan fingerprint density at radius 1 is 1.53 bits per heavy atom. The van der Waals surface area contributed by atoms with Crippen LogP contribution in [0.1, 0.15) is 43.4 Å². The van der Waals surface area contributed by atoms with E-state index in [1.54, 1.807) is 11.7 Å². The molecule has 0 saturated carbocycles. The Labute approximate surface area is 119 Å². The lowest BCUT2D eigenvalue weighted by Gasteiger charge is -2.22. The van der Waals surface area contributed by atoms with Crippen LogP contribution in [0.2, 0.25) is 5.15 Å². The highest BCUT2D eigenvalue weighted by Gasteiger charge is 2.17. The van der Waals surface area contributed by atoms with Crippen molar-refractivity contribution >= 4 is 17.4 Å². The highest BCUT2D eigenvalue weighted by Crippen LogP contribution is 2.20. The van der Waals surface area contributed by atoms with Gasteiger partial charge in [0.2, 0.25) is 0 Å². The van der Waals surface area contributed by atoms with Crippen LogP contribution in [-0.2, 0) is 18.3 Å². The molecule has 0 aromatic carbocycles. The number of ketones is 1. The first-order valence-corrected chi connectivity index (χ1v) is 7.38. The van der Waals surface area contributed by atoms with Crippen molar-refractivity contribution < 1.29 is 4.79 Å². The molecule has 2 rings (SSSR count). The Morgan fingerprint density at radius 2 is 2.32 bits per heavy atom. The number of halogens is 1. The van der Waals surface area contributed by atoms with Gasteiger partial charge in [0.1, 0.15) is 10.9 Å². The largest absolute Gasteiger partial charge is 0.314 e. The SMILES string of the molecule is Cc1nn(C)c(Cl)c1CC(=O)CCC1CCCCN1. The van der Waals surface area contributed by atoms with Gasteiger partial charge < -0.3 is 5.32 Å². The number of carbonyl (C=O) groups excluding carboxylic acids is 1. The maximum Gasteiger partial charge on any atom is 0.137 e. The summed E-state index contributed by atoms with van der Waals surface area (Å²) in [7, 11) is 1.80. The molecule has 1 N–H and O–H groups in total. The molecule has 0 amide bonds. The fraction of sp³-hybridized carbons (Fsp3) is 0.714. The number of hydrogen-bond acceptors (Lipinski definition) is 3. The fourth-order valence-electron chi connectivity index (χ4n) is 2.67. The van der Waals surface area contributed by atoms with E-state index in [1.807, 2.05) is 6.92 Å². The first-order valence-electron chi connectivity index (χ1n) is 7.01. The Kier molecular flexibility index (Phi) is 4.99. The summed E-state index contributed by atoms with van der Waals surface area (Å²) in [5, 5.41) is 8.29. The van der Waals surface area contributed by atoms with E-state index in [0.717, 1.165) is 24.2 Å². The van der Waals surface area contributed by atoms with Gasteiger partial charge in [-0.1, -0.05) is 18.0 Å². The Hall–Kier alpha value is -0.870. The zero-order valence-corrected chi connectivity index (χ0v) is 12.5. The van der Waals surface area contributed by atoms with Crippen molar-refractivity contribution in [3.8, 4) is 0 Å². The second-order valence-electron chi connectivity index (χ2n) is 5.38. The van der Waals surface area contributed by atoms with Crippen LogP contribution in [0.5, 0.6) is 0 Å². The molecule has 1 atom stereocenters. The number of carbonyl (C=O) groups is 1. The third-order valence-corrected chi connectivity index (χ3v) is 4.30. The van der Waals surface area contributed by atoms with Gasteiger partial charge in [0.25, 0.3) is 0 Å². The van der Waals surface area contributed by atoms with Gasteiger partial charge in [0.05, 0.1) is 5.69 Å². The second kappa shape index (κ2) is 6.53. The van der Waals surface area contributed by atoms with Gasteiger partial charge in [-0.25, -0.2) is 0 Å². The van der Waals surface area contributed by atoms with Crippen molar-refractivity contribution in [2.75, 3.05) is 6.54 Å². The average molecular weight is 284 g/mol. The van der Waals surface area contributed by atoms with Gasteiger partial charge in [0, 0.05) is 31.5 Å². The maximum absolute atomic E-state index is 12.0. The molecule has 5 heteroatoms. The molecule has 106 valence electrons. The molecular weight excluding hydrogens is 262 g/mol. The second-order valence-corrected chi connectivity index (χ2v) is 5.74. The minimum Gasteiger partial charge on any atom is -0.314 e. The maximum atomic E-state index is 12.0. The van der Waals surface area contributed by atoms with Crippen LogP contribution >= 0.6 is 11.6 Å². The standard InChI is InChI=1S/C14H22ClN3O/c1-10-13(14(15)18(2)17-10)9-12(19)7-6-11-5-3-4-8-16-11/h11,16H,3-9H2,1-2H3. The van der Waals surface area contributed by atoms with Crippen LogP contribution < -0.4 is 5.32 Å². The zero-order chi connectivity index (χ0) is 13.8. The first-order chi connectivity index (χ1) is 9.08. The number of hydrogen-bond donors (Lipinski definition) is 1. The summed E-state index contributed by atoms with van der Waals surface area (Å²) < 4.78 is 1.63. The van der Waals surface area contributed by atoms with E-state index < -0.39 is 0 Å². The molecular formula is C14H22ClN3O. The normalized spacial score (nSPS) is 19.6. The monoisotopic (exact) mass is 283 g/mol. The number of piperidine rings is 1. The molecule has 0 bridgehead atoms. The van der Waals surface area contributed by atoms with Crippen molar-refractivity contribution in [2.24, 2.45) is 7.05 Å². The first kappa shape index (κ1) is 14.5. The predicted molar refractivity (Wildman–Crippen MR) is 76.5 cm³/mol. The van der Waals surface area contributed by atoms with Crippen LogP contribution in [0.4, 0.5) is 0 Å². The summed E-state index contributed by atoms with van der Waals surface area (Å²) in [6, 6.07) is 0.517. The van der Waals surface area contributed by atoms with Crippen molar-refractivity contribution in [3.63, 3.8) is 0 Å². The Morgan fingerprint density at radius 3 is 2.89 bits per heavy atom. The minimum absolute atomic E-state index is 0.255. The number of Topliss-reactive ketones (excluding diaryl/α,β-unsaturated/α-hetero) is 1. The van der Waals surface area contributed by atoms with Crippen LogP contribution in [0.3, 0.4) is 0 Å². The summed E-state index contributed by atoms with van der Waals surface area (Å²) in [5.74, 6) is 0.255. The van der Waals surface area contributed by atoms with Crippen molar-refractivity contribution in [3.05, 3.63) is 16.4 Å². The highest BCUT2D eigenvalue weighted by atomic mass is 35.5. The van der Waals surface area contributed by atoms with Crippen LogP contribution in [0, 0.1) is 6.92 Å². The molecule has 1 aliphatic heterocycles. The van der Waals surface area contributed by atoms with E-state index in [1.165, 1.54) is 19.3 Å². The van der Waals surface area contributed by atoms with Crippen molar-refractivity contribution in [1.82, 2.24) is 15.1 Å². The van der Waals surface area contributed by atoms with Gasteiger partial charge in [-0.15, -0.1) is 0 Å². The third kappa shape index (κ3) is 3.80. The molecule has 0 spiro atoms.